The summed E-state index contributed by atoms with van der Waals surface area (Å²) < 4.78 is 1.78. The molecule has 0 saturated carbocycles. The highest BCUT2D eigenvalue weighted by Crippen LogP contribution is 2.29. The second-order valence-electron chi connectivity index (χ2n) is 6.94. The normalized spacial score (nSPS) is 10.9. The van der Waals surface area contributed by atoms with E-state index in [1.54, 1.807) is 28.9 Å². The Morgan fingerprint density at radius 3 is 2.72 bits per heavy atom. The first-order valence-electron chi connectivity index (χ1n) is 9.79. The molecule has 0 fully saturated rings. The molecule has 0 radical (unpaired) electrons. The number of nitrogens with zero attached hydrogens (tertiary/aromatic N) is 5. The van der Waals surface area contributed by atoms with Gasteiger partial charge in [-0.15, -0.1) is 5.10 Å². The SMILES string of the molecule is Cc1cc(Nc2nc(Sc3ccc(NC(=O)c4ccccn4)cc3)nn3cccc23)n[nH]1. The lowest BCUT2D eigenvalue weighted by atomic mass is 10.3. The second-order valence-corrected chi connectivity index (χ2v) is 7.98. The minimum absolute atomic E-state index is 0.253. The Labute approximate surface area is 187 Å². The molecule has 1 aromatic carbocycles. The van der Waals surface area contributed by atoms with Gasteiger partial charge in [-0.1, -0.05) is 6.07 Å². The van der Waals surface area contributed by atoms with Crippen LogP contribution in [0, 0.1) is 6.92 Å². The second kappa shape index (κ2) is 8.52. The minimum atomic E-state index is -0.253. The Bertz CT molecular complexity index is 1380. The Morgan fingerprint density at radius 2 is 1.97 bits per heavy atom. The summed E-state index contributed by atoms with van der Waals surface area (Å²) >= 11 is 1.42. The summed E-state index contributed by atoms with van der Waals surface area (Å²) in [7, 11) is 0. The molecule has 0 bridgehead atoms. The van der Waals surface area contributed by atoms with Crippen LogP contribution in [0.4, 0.5) is 17.3 Å². The number of aromatic amines is 1. The maximum absolute atomic E-state index is 12.3. The van der Waals surface area contributed by atoms with Crippen LogP contribution in [0.1, 0.15) is 16.2 Å². The molecule has 3 N–H and O–H groups in total. The van der Waals surface area contributed by atoms with Crippen molar-refractivity contribution in [2.24, 2.45) is 0 Å². The predicted molar refractivity (Wildman–Crippen MR) is 122 cm³/mol. The average Bonchev–Trinajstić information content (AvgIpc) is 3.44. The predicted octanol–water partition coefficient (Wildman–Crippen LogP) is 4.30. The van der Waals surface area contributed by atoms with Crippen molar-refractivity contribution in [3.05, 3.63) is 84.4 Å². The monoisotopic (exact) mass is 442 g/mol. The van der Waals surface area contributed by atoms with Gasteiger partial charge >= 0.3 is 0 Å². The number of amides is 1. The van der Waals surface area contributed by atoms with E-state index in [9.17, 15) is 4.79 Å². The molecule has 10 heteroatoms. The number of hydrogen-bond donors (Lipinski definition) is 3. The third-order valence-corrected chi connectivity index (χ3v) is 5.41. The number of rotatable bonds is 6. The van der Waals surface area contributed by atoms with Gasteiger partial charge in [0.2, 0.25) is 5.16 Å². The van der Waals surface area contributed by atoms with Gasteiger partial charge in [-0.05, 0) is 67.2 Å². The van der Waals surface area contributed by atoms with E-state index in [1.807, 2.05) is 55.6 Å². The van der Waals surface area contributed by atoms with Gasteiger partial charge in [0.1, 0.15) is 11.2 Å². The molecule has 5 rings (SSSR count). The first-order chi connectivity index (χ1) is 15.6. The highest BCUT2D eigenvalue weighted by Gasteiger charge is 2.11. The van der Waals surface area contributed by atoms with E-state index in [4.69, 9.17) is 0 Å². The van der Waals surface area contributed by atoms with Crippen LogP contribution in [0.2, 0.25) is 0 Å². The van der Waals surface area contributed by atoms with Gasteiger partial charge in [0, 0.05) is 34.7 Å². The summed E-state index contributed by atoms with van der Waals surface area (Å²) in [6.07, 6.45) is 3.46. The highest BCUT2D eigenvalue weighted by atomic mass is 32.2. The number of anilines is 3. The van der Waals surface area contributed by atoms with Crippen molar-refractivity contribution in [2.45, 2.75) is 17.0 Å². The molecule has 0 aliphatic carbocycles. The maximum Gasteiger partial charge on any atom is 0.274 e. The number of carbonyl (C=O) groups is 1. The molecular formula is C22H18N8OS. The molecule has 9 nitrogen and oxygen atoms in total. The van der Waals surface area contributed by atoms with Crippen molar-refractivity contribution in [3.8, 4) is 0 Å². The fraction of sp³-hybridized carbons (Fsp3) is 0.0455. The quantitative estimate of drug-likeness (QED) is 0.359. The lowest BCUT2D eigenvalue weighted by Crippen LogP contribution is -2.13. The van der Waals surface area contributed by atoms with E-state index in [-0.39, 0.29) is 5.91 Å². The molecule has 0 atom stereocenters. The molecule has 4 heterocycles. The zero-order valence-electron chi connectivity index (χ0n) is 17.0. The third-order valence-electron chi connectivity index (χ3n) is 4.54. The number of benzene rings is 1. The Hall–Kier alpha value is -4.18. The first-order valence-corrected chi connectivity index (χ1v) is 10.6. The number of aryl methyl sites for hydroxylation is 1. The number of pyridine rings is 1. The van der Waals surface area contributed by atoms with Crippen molar-refractivity contribution < 1.29 is 4.79 Å². The average molecular weight is 443 g/mol. The zero-order valence-corrected chi connectivity index (χ0v) is 17.8. The molecule has 1 amide bonds. The number of fused-ring (bicyclic) bond motifs is 1. The maximum atomic E-state index is 12.3. The lowest BCUT2D eigenvalue weighted by molar-refractivity contribution is 0.102. The van der Waals surface area contributed by atoms with Gasteiger partial charge in [-0.3, -0.25) is 14.9 Å². The lowest BCUT2D eigenvalue weighted by Gasteiger charge is -2.08. The van der Waals surface area contributed by atoms with E-state index in [2.05, 4.69) is 35.9 Å². The minimum Gasteiger partial charge on any atom is -0.322 e. The van der Waals surface area contributed by atoms with Gasteiger partial charge in [-0.25, -0.2) is 9.50 Å². The zero-order chi connectivity index (χ0) is 21.9. The summed E-state index contributed by atoms with van der Waals surface area (Å²) in [5.41, 5.74) is 2.86. The van der Waals surface area contributed by atoms with Crippen LogP contribution < -0.4 is 10.6 Å². The highest BCUT2D eigenvalue weighted by molar-refractivity contribution is 7.99. The molecule has 0 aliphatic rings. The van der Waals surface area contributed by atoms with Crippen molar-refractivity contribution >= 4 is 40.5 Å². The Kier molecular flexibility index (Phi) is 5.26. The molecule has 5 aromatic rings. The van der Waals surface area contributed by atoms with Crippen LogP contribution in [0.25, 0.3) is 5.52 Å². The summed E-state index contributed by atoms with van der Waals surface area (Å²) in [5, 5.41) is 18.4. The van der Waals surface area contributed by atoms with E-state index >= 15 is 0 Å². The van der Waals surface area contributed by atoms with Gasteiger partial charge in [-0.2, -0.15) is 5.10 Å². The Morgan fingerprint density at radius 1 is 1.09 bits per heavy atom. The molecule has 0 spiro atoms. The number of hydrogen-bond acceptors (Lipinski definition) is 7. The molecule has 4 aromatic heterocycles. The van der Waals surface area contributed by atoms with Crippen LogP contribution >= 0.6 is 11.8 Å². The first kappa shape index (κ1) is 19.8. The molecule has 0 unspecified atom stereocenters. The largest absolute Gasteiger partial charge is 0.322 e. The molecule has 158 valence electrons. The summed E-state index contributed by atoms with van der Waals surface area (Å²) in [6, 6.07) is 18.5. The van der Waals surface area contributed by atoms with Gasteiger partial charge < -0.3 is 10.6 Å². The van der Waals surface area contributed by atoms with Gasteiger partial charge in [0.25, 0.3) is 5.91 Å². The van der Waals surface area contributed by atoms with Crippen molar-refractivity contribution in [2.75, 3.05) is 10.6 Å². The van der Waals surface area contributed by atoms with Gasteiger partial charge in [0.05, 0.1) is 0 Å². The number of aromatic nitrogens is 6. The molecular weight excluding hydrogens is 424 g/mol. The van der Waals surface area contributed by atoms with Crippen LogP contribution in [0.15, 0.2) is 83.1 Å². The Balaban J connectivity index is 1.33. The van der Waals surface area contributed by atoms with Gasteiger partial charge in [0.15, 0.2) is 11.6 Å². The number of nitrogens with one attached hydrogen (secondary N) is 3. The summed E-state index contributed by atoms with van der Waals surface area (Å²) in [6.45, 7) is 1.94. The number of H-pyrrole nitrogens is 1. The molecule has 0 saturated heterocycles. The number of carbonyl (C=O) groups excluding carboxylic acids is 1. The van der Waals surface area contributed by atoms with Crippen LogP contribution in [-0.4, -0.2) is 35.7 Å². The fourth-order valence-corrected chi connectivity index (χ4v) is 3.81. The summed E-state index contributed by atoms with van der Waals surface area (Å²) in [4.78, 5) is 21.9. The van der Waals surface area contributed by atoms with E-state index in [0.717, 1.165) is 16.1 Å². The van der Waals surface area contributed by atoms with Crippen LogP contribution in [0.5, 0.6) is 0 Å². The van der Waals surface area contributed by atoms with Crippen molar-refractivity contribution in [1.29, 1.82) is 0 Å². The standard InChI is InChI=1S/C22H18N8OS/c1-14-13-19(28-27-14)25-20-18-6-4-12-30(18)29-22(26-20)32-16-9-7-15(8-10-16)24-21(31)17-5-2-3-11-23-17/h2-13H,1H3,(H,24,31)(H2,25,26,27,28,29). The summed E-state index contributed by atoms with van der Waals surface area (Å²) in [5.74, 6) is 1.10. The van der Waals surface area contributed by atoms with E-state index in [1.165, 1.54) is 11.8 Å². The molecule has 0 aliphatic heterocycles. The van der Waals surface area contributed by atoms with E-state index in [0.29, 0.717) is 28.2 Å². The molecule has 32 heavy (non-hydrogen) atoms. The third kappa shape index (κ3) is 4.30. The van der Waals surface area contributed by atoms with Crippen molar-refractivity contribution in [1.82, 2.24) is 29.8 Å². The van der Waals surface area contributed by atoms with Crippen molar-refractivity contribution in [3.63, 3.8) is 0 Å². The fourth-order valence-electron chi connectivity index (χ4n) is 3.06. The van der Waals surface area contributed by atoms with Crippen LogP contribution in [-0.2, 0) is 0 Å². The van der Waals surface area contributed by atoms with Crippen LogP contribution in [0.3, 0.4) is 0 Å². The van der Waals surface area contributed by atoms with E-state index < -0.39 is 0 Å². The topological polar surface area (TPSA) is 113 Å². The smallest absolute Gasteiger partial charge is 0.274 e.